The van der Waals surface area contributed by atoms with Crippen LogP contribution in [0.15, 0.2) is 30.6 Å². The van der Waals surface area contributed by atoms with Gasteiger partial charge >= 0.3 is 0 Å². The highest BCUT2D eigenvalue weighted by Gasteiger charge is 2.17. The number of likely N-dealkylation sites (N-methyl/N-ethyl adjacent to an activating group) is 1. The van der Waals surface area contributed by atoms with E-state index >= 15 is 0 Å². The van der Waals surface area contributed by atoms with Crippen molar-refractivity contribution in [2.75, 3.05) is 57.7 Å². The Balaban J connectivity index is 1.75. The lowest BCUT2D eigenvalue weighted by Crippen LogP contribution is -2.44. The second kappa shape index (κ2) is 8.01. The Morgan fingerprint density at radius 2 is 1.65 bits per heavy atom. The summed E-state index contributed by atoms with van der Waals surface area (Å²) in [7, 11) is 5.22. The van der Waals surface area contributed by atoms with Crippen molar-refractivity contribution in [2.45, 2.75) is 0 Å². The van der Waals surface area contributed by atoms with Crippen molar-refractivity contribution >= 4 is 17.4 Å². The summed E-state index contributed by atoms with van der Waals surface area (Å²) in [5.41, 5.74) is 0.890. The number of amides is 1. The van der Waals surface area contributed by atoms with E-state index in [-0.39, 0.29) is 5.91 Å². The van der Waals surface area contributed by atoms with E-state index in [0.717, 1.165) is 32.0 Å². The van der Waals surface area contributed by atoms with Crippen LogP contribution in [-0.4, -0.2) is 68.2 Å². The predicted octanol–water partition coefficient (Wildman–Crippen LogP) is 1.50. The molecule has 3 rings (SSSR count). The number of ether oxygens (including phenoxy) is 2. The second-order valence-electron chi connectivity index (χ2n) is 6.11. The topological polar surface area (TPSA) is 79.8 Å². The van der Waals surface area contributed by atoms with Crippen molar-refractivity contribution in [3.8, 4) is 11.5 Å². The number of carbonyl (C=O) groups excluding carboxylic acids is 1. The van der Waals surface area contributed by atoms with Gasteiger partial charge in [-0.05, 0) is 7.05 Å². The van der Waals surface area contributed by atoms with E-state index in [1.165, 1.54) is 6.33 Å². The predicted molar refractivity (Wildman–Crippen MR) is 99.2 cm³/mol. The fourth-order valence-electron chi connectivity index (χ4n) is 2.75. The first-order valence-electron chi connectivity index (χ1n) is 8.39. The Morgan fingerprint density at radius 3 is 2.27 bits per heavy atom. The highest BCUT2D eigenvalue weighted by molar-refractivity contribution is 6.03. The summed E-state index contributed by atoms with van der Waals surface area (Å²) in [5, 5.41) is 2.83. The van der Waals surface area contributed by atoms with E-state index in [9.17, 15) is 4.79 Å². The van der Waals surface area contributed by atoms with Crippen molar-refractivity contribution in [2.24, 2.45) is 0 Å². The molecular formula is C18H23N5O3. The third-order valence-electron chi connectivity index (χ3n) is 4.32. The molecule has 0 unspecified atom stereocenters. The van der Waals surface area contributed by atoms with Crippen molar-refractivity contribution in [1.82, 2.24) is 14.9 Å². The Kier molecular flexibility index (Phi) is 5.52. The summed E-state index contributed by atoms with van der Waals surface area (Å²) in [4.78, 5) is 25.4. The molecule has 1 aromatic heterocycles. The Morgan fingerprint density at radius 1 is 1.00 bits per heavy atom. The smallest absolute Gasteiger partial charge is 0.274 e. The van der Waals surface area contributed by atoms with Crippen LogP contribution in [0.4, 0.5) is 11.5 Å². The average Bonchev–Trinajstić information content (AvgIpc) is 2.68. The molecule has 1 saturated heterocycles. The normalized spacial score (nSPS) is 14.8. The average molecular weight is 357 g/mol. The number of hydrogen-bond acceptors (Lipinski definition) is 7. The number of anilines is 2. The molecule has 2 aromatic rings. The van der Waals surface area contributed by atoms with E-state index in [1.807, 2.05) is 0 Å². The fraction of sp³-hybridized carbons (Fsp3) is 0.389. The van der Waals surface area contributed by atoms with E-state index in [4.69, 9.17) is 9.47 Å². The molecule has 1 aliphatic heterocycles. The zero-order chi connectivity index (χ0) is 18.5. The number of aromatic nitrogens is 2. The molecule has 1 fully saturated rings. The lowest BCUT2D eigenvalue weighted by Gasteiger charge is -2.33. The van der Waals surface area contributed by atoms with Gasteiger partial charge in [0.15, 0.2) is 0 Å². The zero-order valence-electron chi connectivity index (χ0n) is 15.2. The van der Waals surface area contributed by atoms with Gasteiger partial charge in [-0.15, -0.1) is 0 Å². The number of rotatable bonds is 5. The number of benzene rings is 1. The number of carbonyl (C=O) groups is 1. The van der Waals surface area contributed by atoms with Gasteiger partial charge in [0.05, 0.1) is 14.2 Å². The van der Waals surface area contributed by atoms with Crippen LogP contribution in [0.25, 0.3) is 0 Å². The summed E-state index contributed by atoms with van der Waals surface area (Å²) in [5.74, 6) is 1.65. The maximum atomic E-state index is 12.6. The molecule has 1 aliphatic rings. The second-order valence-corrected chi connectivity index (χ2v) is 6.11. The molecule has 8 nitrogen and oxygen atoms in total. The molecule has 1 aromatic carbocycles. The molecule has 0 saturated carbocycles. The first kappa shape index (κ1) is 17.9. The standard InChI is InChI=1S/C18H23N5O3/c1-22-4-6-23(7-5-22)17-11-16(19-12-20-17)18(24)21-13-8-14(25-2)10-15(9-13)26-3/h8-12H,4-7H2,1-3H3,(H,21,24). The van der Waals surface area contributed by atoms with Crippen LogP contribution in [0, 0.1) is 0 Å². The molecule has 138 valence electrons. The molecule has 8 heteroatoms. The van der Waals surface area contributed by atoms with Gasteiger partial charge in [-0.3, -0.25) is 4.79 Å². The monoisotopic (exact) mass is 357 g/mol. The summed E-state index contributed by atoms with van der Waals surface area (Å²) in [6, 6.07) is 6.91. The van der Waals surface area contributed by atoms with Gasteiger partial charge in [-0.1, -0.05) is 0 Å². The molecule has 2 heterocycles. The van der Waals surface area contributed by atoms with Crippen molar-refractivity contribution in [3.05, 3.63) is 36.3 Å². The summed E-state index contributed by atoms with van der Waals surface area (Å²) in [6.07, 6.45) is 1.43. The molecule has 1 amide bonds. The Hall–Kier alpha value is -2.87. The maximum absolute atomic E-state index is 12.6. The van der Waals surface area contributed by atoms with Crippen LogP contribution < -0.4 is 19.7 Å². The molecule has 0 spiro atoms. The van der Waals surface area contributed by atoms with Gasteiger partial charge in [0.1, 0.15) is 29.3 Å². The van der Waals surface area contributed by atoms with Crippen LogP contribution in [0.2, 0.25) is 0 Å². The largest absolute Gasteiger partial charge is 0.497 e. The first-order valence-corrected chi connectivity index (χ1v) is 8.39. The zero-order valence-corrected chi connectivity index (χ0v) is 15.2. The lowest BCUT2D eigenvalue weighted by atomic mass is 10.2. The highest BCUT2D eigenvalue weighted by Crippen LogP contribution is 2.26. The maximum Gasteiger partial charge on any atom is 0.274 e. The minimum absolute atomic E-state index is 0.307. The number of piperazine rings is 1. The van der Waals surface area contributed by atoms with Crippen LogP contribution >= 0.6 is 0 Å². The molecular weight excluding hydrogens is 334 g/mol. The lowest BCUT2D eigenvalue weighted by molar-refractivity contribution is 0.102. The summed E-state index contributed by atoms with van der Waals surface area (Å²) in [6.45, 7) is 3.69. The van der Waals surface area contributed by atoms with Gasteiger partial charge in [0.25, 0.3) is 5.91 Å². The molecule has 26 heavy (non-hydrogen) atoms. The third kappa shape index (κ3) is 4.20. The van der Waals surface area contributed by atoms with Crippen molar-refractivity contribution in [3.63, 3.8) is 0 Å². The quantitative estimate of drug-likeness (QED) is 0.868. The van der Waals surface area contributed by atoms with Crippen LogP contribution in [0.3, 0.4) is 0 Å². The van der Waals surface area contributed by atoms with Gasteiger partial charge < -0.3 is 24.6 Å². The molecule has 0 aliphatic carbocycles. The SMILES string of the molecule is COc1cc(NC(=O)c2cc(N3CCN(C)CC3)ncn2)cc(OC)c1. The minimum Gasteiger partial charge on any atom is -0.497 e. The van der Waals surface area contributed by atoms with Crippen LogP contribution in [0.5, 0.6) is 11.5 Å². The number of hydrogen-bond donors (Lipinski definition) is 1. The van der Waals surface area contributed by atoms with Gasteiger partial charge in [-0.2, -0.15) is 0 Å². The van der Waals surface area contributed by atoms with Gasteiger partial charge in [-0.25, -0.2) is 9.97 Å². The first-order chi connectivity index (χ1) is 12.6. The van der Waals surface area contributed by atoms with Crippen LogP contribution in [0.1, 0.15) is 10.5 Å². The van der Waals surface area contributed by atoms with E-state index in [2.05, 4.69) is 32.1 Å². The van der Waals surface area contributed by atoms with Crippen molar-refractivity contribution < 1.29 is 14.3 Å². The fourth-order valence-corrected chi connectivity index (χ4v) is 2.75. The van der Waals surface area contributed by atoms with E-state index in [1.54, 1.807) is 38.5 Å². The minimum atomic E-state index is -0.307. The van der Waals surface area contributed by atoms with E-state index in [0.29, 0.717) is 22.9 Å². The Labute approximate surface area is 152 Å². The summed E-state index contributed by atoms with van der Waals surface area (Å²) < 4.78 is 10.4. The summed E-state index contributed by atoms with van der Waals surface area (Å²) >= 11 is 0. The number of nitrogens with one attached hydrogen (secondary N) is 1. The Bertz CT molecular complexity index is 753. The number of nitrogens with zero attached hydrogens (tertiary/aromatic N) is 4. The molecule has 0 radical (unpaired) electrons. The van der Waals surface area contributed by atoms with Gasteiger partial charge in [0.2, 0.25) is 0 Å². The number of methoxy groups -OCH3 is 2. The third-order valence-corrected chi connectivity index (χ3v) is 4.32. The van der Waals surface area contributed by atoms with Crippen LogP contribution in [-0.2, 0) is 0 Å². The van der Waals surface area contributed by atoms with Crippen molar-refractivity contribution in [1.29, 1.82) is 0 Å². The highest BCUT2D eigenvalue weighted by atomic mass is 16.5. The molecule has 1 N–H and O–H groups in total. The molecule has 0 atom stereocenters. The van der Waals surface area contributed by atoms with Gasteiger partial charge in [0, 0.05) is 56.1 Å². The van der Waals surface area contributed by atoms with E-state index < -0.39 is 0 Å². The molecule has 0 bridgehead atoms.